The van der Waals surface area contributed by atoms with Crippen LogP contribution in [0.5, 0.6) is 5.75 Å². The van der Waals surface area contributed by atoms with Gasteiger partial charge in [0.15, 0.2) is 0 Å². The maximum Gasteiger partial charge on any atom is 0.222 e. The molecule has 0 radical (unpaired) electrons. The summed E-state index contributed by atoms with van der Waals surface area (Å²) in [5.74, 6) is 0.763. The van der Waals surface area contributed by atoms with E-state index in [1.54, 1.807) is 31.4 Å². The topological polar surface area (TPSA) is 111 Å². The fourth-order valence-corrected chi connectivity index (χ4v) is 1.59. The van der Waals surface area contributed by atoms with Gasteiger partial charge in [0.1, 0.15) is 23.2 Å². The van der Waals surface area contributed by atoms with Crippen molar-refractivity contribution in [3.05, 3.63) is 29.8 Å². The van der Waals surface area contributed by atoms with E-state index < -0.39 is 0 Å². The zero-order valence-electron chi connectivity index (χ0n) is 9.71. The number of benzene rings is 1. The lowest BCUT2D eigenvalue weighted by molar-refractivity contribution is 0.415. The predicted molar refractivity (Wildman–Crippen MR) is 67.6 cm³/mol. The number of hydrogen-bond acceptors (Lipinski definition) is 6. The van der Waals surface area contributed by atoms with E-state index in [9.17, 15) is 0 Å². The molecule has 90 valence electrons. The van der Waals surface area contributed by atoms with E-state index in [1.165, 1.54) is 0 Å². The van der Waals surface area contributed by atoms with Crippen LogP contribution in [0, 0.1) is 11.3 Å². The molecule has 0 unspecified atom stereocenters. The standard InChI is InChI=1S/C12H11N5O/c1-18-8-4-2-3-7(5-8)10-9(6-13)11(14)17-12(15)16-10/h2-5H,1H3,(H4,14,15,16,17). The Labute approximate surface area is 104 Å². The largest absolute Gasteiger partial charge is 0.497 e. The molecule has 18 heavy (non-hydrogen) atoms. The quantitative estimate of drug-likeness (QED) is 0.816. The zero-order valence-corrected chi connectivity index (χ0v) is 9.71. The Balaban J connectivity index is 2.66. The van der Waals surface area contributed by atoms with Gasteiger partial charge in [-0.2, -0.15) is 10.2 Å². The van der Waals surface area contributed by atoms with Crippen molar-refractivity contribution in [1.82, 2.24) is 9.97 Å². The second-order valence-electron chi connectivity index (χ2n) is 3.53. The number of rotatable bonds is 2. The Morgan fingerprint density at radius 2 is 2.06 bits per heavy atom. The third kappa shape index (κ3) is 2.01. The van der Waals surface area contributed by atoms with Crippen molar-refractivity contribution in [3.8, 4) is 23.1 Å². The smallest absolute Gasteiger partial charge is 0.222 e. The van der Waals surface area contributed by atoms with Gasteiger partial charge in [-0.3, -0.25) is 0 Å². The highest BCUT2D eigenvalue weighted by molar-refractivity contribution is 5.73. The van der Waals surface area contributed by atoms with Crippen LogP contribution in [0.2, 0.25) is 0 Å². The van der Waals surface area contributed by atoms with E-state index in [4.69, 9.17) is 21.5 Å². The molecule has 6 heteroatoms. The molecule has 0 spiro atoms. The van der Waals surface area contributed by atoms with Crippen LogP contribution in [-0.2, 0) is 0 Å². The van der Waals surface area contributed by atoms with Crippen LogP contribution in [0.15, 0.2) is 24.3 Å². The van der Waals surface area contributed by atoms with Crippen molar-refractivity contribution >= 4 is 11.8 Å². The third-order valence-corrected chi connectivity index (χ3v) is 2.41. The molecule has 0 saturated heterocycles. The minimum Gasteiger partial charge on any atom is -0.497 e. The Bertz CT molecular complexity index is 633. The first-order valence-electron chi connectivity index (χ1n) is 5.13. The molecule has 1 aromatic heterocycles. The summed E-state index contributed by atoms with van der Waals surface area (Å²) in [4.78, 5) is 7.82. The van der Waals surface area contributed by atoms with Crippen molar-refractivity contribution in [3.63, 3.8) is 0 Å². The summed E-state index contributed by atoms with van der Waals surface area (Å²) < 4.78 is 5.12. The molecule has 0 amide bonds. The molecule has 0 aliphatic rings. The van der Waals surface area contributed by atoms with E-state index in [0.717, 1.165) is 0 Å². The fourth-order valence-electron chi connectivity index (χ4n) is 1.59. The Morgan fingerprint density at radius 3 is 2.72 bits per heavy atom. The number of methoxy groups -OCH3 is 1. The SMILES string of the molecule is COc1cccc(-c2nc(N)nc(N)c2C#N)c1. The Kier molecular flexibility index (Phi) is 2.98. The van der Waals surface area contributed by atoms with E-state index in [-0.39, 0.29) is 17.3 Å². The zero-order chi connectivity index (χ0) is 13.1. The minimum absolute atomic E-state index is 0.0318. The van der Waals surface area contributed by atoms with Crippen LogP contribution in [0.25, 0.3) is 11.3 Å². The average molecular weight is 241 g/mol. The molecule has 6 nitrogen and oxygen atoms in total. The second-order valence-corrected chi connectivity index (χ2v) is 3.53. The van der Waals surface area contributed by atoms with Crippen LogP contribution in [0.3, 0.4) is 0 Å². The minimum atomic E-state index is 0.0318. The van der Waals surface area contributed by atoms with Gasteiger partial charge in [-0.25, -0.2) is 4.98 Å². The molecule has 0 atom stereocenters. The van der Waals surface area contributed by atoms with Gasteiger partial charge in [-0.1, -0.05) is 12.1 Å². The Morgan fingerprint density at radius 1 is 1.28 bits per heavy atom. The summed E-state index contributed by atoms with van der Waals surface area (Å²) >= 11 is 0. The molecule has 0 bridgehead atoms. The van der Waals surface area contributed by atoms with Gasteiger partial charge in [-0.15, -0.1) is 0 Å². The molecule has 4 N–H and O–H groups in total. The number of aromatic nitrogens is 2. The third-order valence-electron chi connectivity index (χ3n) is 2.41. The van der Waals surface area contributed by atoms with Gasteiger partial charge in [-0.05, 0) is 12.1 Å². The number of anilines is 2. The Hall–Kier alpha value is -2.81. The molecule has 2 aromatic rings. The predicted octanol–water partition coefficient (Wildman–Crippen LogP) is 1.19. The summed E-state index contributed by atoms with van der Waals surface area (Å²) in [6.45, 7) is 0. The number of hydrogen-bond donors (Lipinski definition) is 2. The van der Waals surface area contributed by atoms with Crippen molar-refractivity contribution in [2.45, 2.75) is 0 Å². The highest BCUT2D eigenvalue weighted by Crippen LogP contribution is 2.27. The molecular weight excluding hydrogens is 230 g/mol. The van der Waals surface area contributed by atoms with Gasteiger partial charge in [0, 0.05) is 5.56 Å². The van der Waals surface area contributed by atoms with Crippen molar-refractivity contribution in [2.24, 2.45) is 0 Å². The van der Waals surface area contributed by atoms with Crippen LogP contribution in [0.4, 0.5) is 11.8 Å². The lowest BCUT2D eigenvalue weighted by Gasteiger charge is -2.07. The monoisotopic (exact) mass is 241 g/mol. The number of nitrogens with zero attached hydrogens (tertiary/aromatic N) is 3. The van der Waals surface area contributed by atoms with Crippen LogP contribution in [-0.4, -0.2) is 17.1 Å². The fraction of sp³-hybridized carbons (Fsp3) is 0.0833. The molecule has 0 aliphatic heterocycles. The van der Waals surface area contributed by atoms with Gasteiger partial charge < -0.3 is 16.2 Å². The number of ether oxygens (including phenoxy) is 1. The molecule has 2 rings (SSSR count). The first-order chi connectivity index (χ1) is 8.65. The van der Waals surface area contributed by atoms with E-state index >= 15 is 0 Å². The van der Waals surface area contributed by atoms with Gasteiger partial charge >= 0.3 is 0 Å². The number of nitriles is 1. The lowest BCUT2D eigenvalue weighted by atomic mass is 10.1. The van der Waals surface area contributed by atoms with E-state index in [0.29, 0.717) is 17.0 Å². The second kappa shape index (κ2) is 4.59. The average Bonchev–Trinajstić information content (AvgIpc) is 2.38. The number of nitrogen functional groups attached to an aromatic ring is 2. The van der Waals surface area contributed by atoms with Gasteiger partial charge in [0.05, 0.1) is 12.8 Å². The lowest BCUT2D eigenvalue weighted by Crippen LogP contribution is -2.04. The summed E-state index contributed by atoms with van der Waals surface area (Å²) in [6.07, 6.45) is 0. The van der Waals surface area contributed by atoms with E-state index in [2.05, 4.69) is 9.97 Å². The van der Waals surface area contributed by atoms with Crippen molar-refractivity contribution in [2.75, 3.05) is 18.6 Å². The highest BCUT2D eigenvalue weighted by atomic mass is 16.5. The number of nitrogens with two attached hydrogens (primary N) is 2. The summed E-state index contributed by atoms with van der Waals surface area (Å²) in [5, 5.41) is 9.10. The van der Waals surface area contributed by atoms with Crippen molar-refractivity contribution in [1.29, 1.82) is 5.26 Å². The van der Waals surface area contributed by atoms with E-state index in [1.807, 2.05) is 6.07 Å². The molecule has 1 aromatic carbocycles. The van der Waals surface area contributed by atoms with Crippen molar-refractivity contribution < 1.29 is 4.74 Å². The molecule has 0 saturated carbocycles. The maximum atomic E-state index is 9.10. The molecular formula is C12H11N5O. The normalized spacial score (nSPS) is 9.78. The first kappa shape index (κ1) is 11.7. The highest BCUT2D eigenvalue weighted by Gasteiger charge is 2.13. The first-order valence-corrected chi connectivity index (χ1v) is 5.13. The molecule has 0 aliphatic carbocycles. The van der Waals surface area contributed by atoms with Crippen LogP contribution < -0.4 is 16.2 Å². The summed E-state index contributed by atoms with van der Waals surface area (Å²) in [6, 6.07) is 9.12. The van der Waals surface area contributed by atoms with Crippen LogP contribution >= 0.6 is 0 Å². The van der Waals surface area contributed by atoms with Crippen LogP contribution in [0.1, 0.15) is 5.56 Å². The summed E-state index contributed by atoms with van der Waals surface area (Å²) in [7, 11) is 1.56. The van der Waals surface area contributed by atoms with Gasteiger partial charge in [0.2, 0.25) is 5.95 Å². The molecule has 0 fully saturated rings. The van der Waals surface area contributed by atoms with Gasteiger partial charge in [0.25, 0.3) is 0 Å². The summed E-state index contributed by atoms with van der Waals surface area (Å²) in [5.41, 5.74) is 12.5. The maximum absolute atomic E-state index is 9.10. The molecule has 1 heterocycles.